The average molecular weight is 334 g/mol. The van der Waals surface area contributed by atoms with E-state index >= 15 is 0 Å². The van der Waals surface area contributed by atoms with Crippen LogP contribution in [-0.2, 0) is 0 Å². The number of nitrogens with zero attached hydrogens (tertiary/aromatic N) is 4. The van der Waals surface area contributed by atoms with Crippen molar-refractivity contribution in [3.8, 4) is 0 Å². The van der Waals surface area contributed by atoms with Gasteiger partial charge in [0.1, 0.15) is 0 Å². The van der Waals surface area contributed by atoms with Gasteiger partial charge in [0.2, 0.25) is 5.89 Å². The van der Waals surface area contributed by atoms with E-state index in [0.717, 1.165) is 36.9 Å². The number of hydrogen-bond donors (Lipinski definition) is 0. The smallest absolute Gasteiger partial charge is 0.264 e. The van der Waals surface area contributed by atoms with E-state index in [1.807, 2.05) is 36.3 Å². The molecule has 2 aromatic rings. The Morgan fingerprint density at radius 3 is 2.57 bits per heavy atom. The summed E-state index contributed by atoms with van der Waals surface area (Å²) in [7, 11) is 0. The van der Waals surface area contributed by atoms with Gasteiger partial charge >= 0.3 is 0 Å². The lowest BCUT2D eigenvalue weighted by atomic mass is 10.2. The highest BCUT2D eigenvalue weighted by Crippen LogP contribution is 2.22. The summed E-state index contributed by atoms with van der Waals surface area (Å²) in [6.45, 7) is 9.27. The van der Waals surface area contributed by atoms with Crippen LogP contribution in [0.5, 0.6) is 0 Å². The molecule has 1 aliphatic rings. The molecular weight excluding hydrogens is 312 g/mol. The van der Waals surface area contributed by atoms with Crippen LogP contribution in [0.4, 0.5) is 0 Å². The number of aromatic nitrogens is 2. The van der Waals surface area contributed by atoms with E-state index in [4.69, 9.17) is 4.52 Å². The van der Waals surface area contributed by atoms with Gasteiger partial charge in [0.25, 0.3) is 5.91 Å². The second-order valence-electron chi connectivity index (χ2n) is 6.13. The zero-order valence-electron chi connectivity index (χ0n) is 13.7. The highest BCUT2D eigenvalue weighted by atomic mass is 32.1. The fraction of sp³-hybridized carbons (Fsp3) is 0.562. The van der Waals surface area contributed by atoms with Gasteiger partial charge in [-0.2, -0.15) is 4.98 Å². The van der Waals surface area contributed by atoms with Crippen molar-refractivity contribution in [1.29, 1.82) is 0 Å². The first-order valence-corrected chi connectivity index (χ1v) is 8.84. The molecule has 0 N–H and O–H groups in total. The van der Waals surface area contributed by atoms with E-state index in [1.54, 1.807) is 0 Å². The quantitative estimate of drug-likeness (QED) is 0.860. The molecule has 3 rings (SSSR count). The minimum Gasteiger partial charge on any atom is -0.338 e. The maximum atomic E-state index is 12.4. The van der Waals surface area contributed by atoms with Crippen LogP contribution in [0.3, 0.4) is 0 Å². The Balaban J connectivity index is 1.58. The van der Waals surface area contributed by atoms with Crippen molar-refractivity contribution in [1.82, 2.24) is 19.9 Å². The maximum Gasteiger partial charge on any atom is 0.264 e. The molecule has 1 unspecified atom stereocenters. The largest absolute Gasteiger partial charge is 0.338 e. The summed E-state index contributed by atoms with van der Waals surface area (Å²) in [5.41, 5.74) is 0. The molecule has 7 heteroatoms. The minimum atomic E-state index is 0.0778. The van der Waals surface area contributed by atoms with Gasteiger partial charge in [-0.05, 0) is 18.4 Å². The third kappa shape index (κ3) is 3.45. The second kappa shape index (κ2) is 6.80. The van der Waals surface area contributed by atoms with E-state index in [9.17, 15) is 4.79 Å². The first kappa shape index (κ1) is 16.1. The third-order valence-corrected chi connectivity index (χ3v) is 5.07. The molecule has 0 spiro atoms. The van der Waals surface area contributed by atoms with Crippen molar-refractivity contribution < 1.29 is 9.32 Å². The van der Waals surface area contributed by atoms with Crippen molar-refractivity contribution in [3.05, 3.63) is 34.1 Å². The number of piperazine rings is 1. The van der Waals surface area contributed by atoms with Gasteiger partial charge in [-0.3, -0.25) is 9.69 Å². The number of rotatable bonds is 4. The van der Waals surface area contributed by atoms with E-state index in [0.29, 0.717) is 5.89 Å². The molecule has 6 nitrogen and oxygen atoms in total. The molecule has 1 atom stereocenters. The fourth-order valence-electron chi connectivity index (χ4n) is 2.68. The van der Waals surface area contributed by atoms with Crippen molar-refractivity contribution in [2.45, 2.75) is 32.7 Å². The lowest BCUT2D eigenvalue weighted by Gasteiger charge is -2.36. The lowest BCUT2D eigenvalue weighted by molar-refractivity contribution is 0.0556. The maximum absolute atomic E-state index is 12.4. The molecule has 0 radical (unpaired) electrons. The van der Waals surface area contributed by atoms with Gasteiger partial charge in [-0.15, -0.1) is 11.3 Å². The predicted octanol–water partition coefficient (Wildman–Crippen LogP) is 2.77. The normalized spacial score (nSPS) is 17.7. The first-order chi connectivity index (χ1) is 11.1. The highest BCUT2D eigenvalue weighted by Gasteiger charge is 2.28. The van der Waals surface area contributed by atoms with Crippen LogP contribution < -0.4 is 0 Å². The van der Waals surface area contributed by atoms with Crippen LogP contribution in [0.2, 0.25) is 0 Å². The average Bonchev–Trinajstić information content (AvgIpc) is 3.25. The van der Waals surface area contributed by atoms with Gasteiger partial charge in [-0.1, -0.05) is 25.1 Å². The molecule has 0 aliphatic carbocycles. The summed E-state index contributed by atoms with van der Waals surface area (Å²) in [5, 5.41) is 5.97. The summed E-state index contributed by atoms with van der Waals surface area (Å²) in [4.78, 5) is 21.9. The molecule has 0 bridgehead atoms. The zero-order valence-corrected chi connectivity index (χ0v) is 14.5. The van der Waals surface area contributed by atoms with Gasteiger partial charge in [0, 0.05) is 32.1 Å². The van der Waals surface area contributed by atoms with Crippen molar-refractivity contribution in [3.63, 3.8) is 0 Å². The molecule has 1 aliphatic heterocycles. The first-order valence-electron chi connectivity index (χ1n) is 7.96. The van der Waals surface area contributed by atoms with Crippen LogP contribution in [0, 0.1) is 0 Å². The van der Waals surface area contributed by atoms with E-state index < -0.39 is 0 Å². The van der Waals surface area contributed by atoms with E-state index in [2.05, 4.69) is 22.0 Å². The summed E-state index contributed by atoms with van der Waals surface area (Å²) < 4.78 is 5.39. The van der Waals surface area contributed by atoms with Crippen LogP contribution in [0.25, 0.3) is 0 Å². The zero-order chi connectivity index (χ0) is 16.4. The number of carbonyl (C=O) groups is 1. The number of carbonyl (C=O) groups excluding carboxylic acids is 1. The Bertz CT molecular complexity index is 645. The van der Waals surface area contributed by atoms with Crippen molar-refractivity contribution in [2.24, 2.45) is 0 Å². The van der Waals surface area contributed by atoms with Crippen molar-refractivity contribution in [2.75, 3.05) is 26.2 Å². The van der Waals surface area contributed by atoms with Gasteiger partial charge in [0.05, 0.1) is 10.9 Å². The summed E-state index contributed by atoms with van der Waals surface area (Å²) >= 11 is 1.50. The Kier molecular flexibility index (Phi) is 4.77. The van der Waals surface area contributed by atoms with Gasteiger partial charge in [-0.25, -0.2) is 0 Å². The summed E-state index contributed by atoms with van der Waals surface area (Å²) in [6.07, 6.45) is 0. The number of thiophene rings is 1. The second-order valence-corrected chi connectivity index (χ2v) is 7.07. The Hall–Kier alpha value is -1.73. The SMILES string of the molecule is CC(C)c1noc(C(C)N2CCN(C(=O)c3cccs3)CC2)n1. The van der Waals surface area contributed by atoms with E-state index in [-0.39, 0.29) is 17.9 Å². The Labute approximate surface area is 140 Å². The fourth-order valence-corrected chi connectivity index (χ4v) is 3.37. The topological polar surface area (TPSA) is 62.5 Å². The number of hydrogen-bond acceptors (Lipinski definition) is 6. The standard InChI is InChI=1S/C16H22N4O2S/c1-11(2)14-17-15(22-18-14)12(3)19-6-8-20(9-7-19)16(21)13-5-4-10-23-13/h4-5,10-12H,6-9H2,1-3H3. The minimum absolute atomic E-state index is 0.0778. The van der Waals surface area contributed by atoms with Crippen LogP contribution in [0.15, 0.2) is 22.0 Å². The molecule has 1 amide bonds. The third-order valence-electron chi connectivity index (χ3n) is 4.21. The predicted molar refractivity (Wildman–Crippen MR) is 88.6 cm³/mol. The molecule has 124 valence electrons. The van der Waals surface area contributed by atoms with Crippen molar-refractivity contribution >= 4 is 17.2 Å². The molecular formula is C16H22N4O2S. The number of amides is 1. The summed E-state index contributed by atoms with van der Waals surface area (Å²) in [6, 6.07) is 3.88. The Morgan fingerprint density at radius 2 is 2.00 bits per heavy atom. The summed E-state index contributed by atoms with van der Waals surface area (Å²) in [5.74, 6) is 1.80. The van der Waals surface area contributed by atoms with E-state index in [1.165, 1.54) is 11.3 Å². The Morgan fingerprint density at radius 1 is 1.26 bits per heavy atom. The molecule has 0 aromatic carbocycles. The highest BCUT2D eigenvalue weighted by molar-refractivity contribution is 7.12. The molecule has 1 saturated heterocycles. The monoisotopic (exact) mass is 334 g/mol. The van der Waals surface area contributed by atoms with Crippen LogP contribution in [0.1, 0.15) is 54.1 Å². The van der Waals surface area contributed by atoms with Gasteiger partial charge < -0.3 is 9.42 Å². The molecule has 0 saturated carbocycles. The van der Waals surface area contributed by atoms with Crippen LogP contribution >= 0.6 is 11.3 Å². The molecule has 2 aromatic heterocycles. The van der Waals surface area contributed by atoms with Crippen LogP contribution in [-0.4, -0.2) is 52.0 Å². The molecule has 3 heterocycles. The van der Waals surface area contributed by atoms with Gasteiger partial charge in [0.15, 0.2) is 5.82 Å². The molecule has 1 fully saturated rings. The molecule has 23 heavy (non-hydrogen) atoms. The lowest BCUT2D eigenvalue weighted by Crippen LogP contribution is -2.49.